The fraction of sp³-hybridized carbons (Fsp3) is 0.703. The van der Waals surface area contributed by atoms with Crippen LogP contribution in [0.25, 0.3) is 0 Å². The monoisotopic (exact) mass is 750 g/mol. The van der Waals surface area contributed by atoms with Gasteiger partial charge in [-0.15, -0.1) is 0 Å². The number of esters is 2. The van der Waals surface area contributed by atoms with Crippen LogP contribution in [0.1, 0.15) is 66.4 Å². The van der Waals surface area contributed by atoms with Gasteiger partial charge in [0.1, 0.15) is 41.6 Å². The number of nitrogens with two attached hydrogens (primary N) is 1. The third kappa shape index (κ3) is 14.7. The Morgan fingerprint density at radius 2 is 1.67 bits per heavy atom. The molecular weight excluding hydrogens is 689 g/mol. The van der Waals surface area contributed by atoms with Crippen molar-refractivity contribution in [1.29, 1.82) is 0 Å². The smallest absolute Gasteiger partial charge is 0.408 e. The van der Waals surface area contributed by atoms with E-state index >= 15 is 0 Å². The summed E-state index contributed by atoms with van der Waals surface area (Å²) in [4.78, 5) is 70.1. The van der Waals surface area contributed by atoms with Gasteiger partial charge in [-0.25, -0.2) is 9.59 Å². The number of nitrogens with one attached hydrogen (secondary N) is 1. The number of methoxy groups -OCH3 is 1. The Morgan fingerprint density at radius 1 is 1.04 bits per heavy atom. The molecule has 0 bridgehead atoms. The molecule has 1 fully saturated rings. The second-order valence-electron chi connectivity index (χ2n) is 16.0. The van der Waals surface area contributed by atoms with Crippen LogP contribution in [-0.2, 0) is 44.5 Å². The molecule has 3 N–H and O–H groups in total. The van der Waals surface area contributed by atoms with Gasteiger partial charge in [0.2, 0.25) is 11.8 Å². The van der Waals surface area contributed by atoms with E-state index in [2.05, 4.69) is 25.0 Å². The van der Waals surface area contributed by atoms with E-state index in [4.69, 9.17) is 29.4 Å². The van der Waals surface area contributed by atoms with Gasteiger partial charge in [0, 0.05) is 34.7 Å². The zero-order chi connectivity index (χ0) is 39.4. The molecule has 14 nitrogen and oxygen atoms in total. The maximum atomic E-state index is 14.2. The Balaban J connectivity index is 2.25. The predicted octanol–water partition coefficient (Wildman–Crippen LogP) is 4.11. The van der Waals surface area contributed by atoms with E-state index in [1.54, 1.807) is 52.1 Å². The summed E-state index contributed by atoms with van der Waals surface area (Å²) in [6.07, 6.45) is -0.488. The van der Waals surface area contributed by atoms with Crippen molar-refractivity contribution in [3.8, 4) is 5.75 Å². The SMILES string of the molecule is COc1ccc(C[C@@H](C(=O)O[C@H](C)[C@H](N)C(=O)OCOCC[Si](C)(C)C)N(C)C(=O)[C@@H]2CCCN2C(=O)[C@H](CC(C)C)NC(=O)OC(C)(C)C)cc1. The van der Waals surface area contributed by atoms with Gasteiger partial charge in [-0.1, -0.05) is 45.6 Å². The van der Waals surface area contributed by atoms with Crippen molar-refractivity contribution in [1.82, 2.24) is 15.1 Å². The molecule has 5 atom stereocenters. The summed E-state index contributed by atoms with van der Waals surface area (Å²) >= 11 is 0. The highest BCUT2D eigenvalue weighted by Crippen LogP contribution is 2.24. The highest BCUT2D eigenvalue weighted by atomic mass is 28.3. The van der Waals surface area contributed by atoms with Crippen molar-refractivity contribution >= 4 is 37.9 Å². The fourth-order valence-corrected chi connectivity index (χ4v) is 6.30. The summed E-state index contributed by atoms with van der Waals surface area (Å²) in [6, 6.07) is 3.70. The van der Waals surface area contributed by atoms with Crippen LogP contribution < -0.4 is 15.8 Å². The van der Waals surface area contributed by atoms with Gasteiger partial charge in [0.15, 0.2) is 6.79 Å². The predicted molar refractivity (Wildman–Crippen MR) is 199 cm³/mol. The number of carbonyl (C=O) groups is 5. The molecule has 0 spiro atoms. The number of hydrogen-bond donors (Lipinski definition) is 2. The van der Waals surface area contributed by atoms with Crippen molar-refractivity contribution < 1.29 is 47.7 Å². The minimum atomic E-state index is -1.32. The molecule has 1 aromatic carbocycles. The lowest BCUT2D eigenvalue weighted by molar-refractivity contribution is -0.167. The third-order valence-corrected chi connectivity index (χ3v) is 10.3. The van der Waals surface area contributed by atoms with E-state index in [0.29, 0.717) is 43.7 Å². The van der Waals surface area contributed by atoms with Crippen molar-refractivity contribution in [2.45, 2.75) is 129 Å². The molecule has 1 saturated heterocycles. The number of hydrogen-bond acceptors (Lipinski definition) is 11. The second-order valence-corrected chi connectivity index (χ2v) is 21.6. The molecule has 1 aromatic rings. The first kappa shape index (κ1) is 44.5. The Labute approximate surface area is 310 Å². The van der Waals surface area contributed by atoms with Crippen molar-refractivity contribution in [2.24, 2.45) is 11.7 Å². The summed E-state index contributed by atoms with van der Waals surface area (Å²) in [5.41, 5.74) is 6.07. The number of benzene rings is 1. The van der Waals surface area contributed by atoms with Crippen LogP contribution in [0.4, 0.5) is 4.79 Å². The van der Waals surface area contributed by atoms with Gasteiger partial charge in [0.25, 0.3) is 0 Å². The van der Waals surface area contributed by atoms with Crippen molar-refractivity contribution in [3.63, 3.8) is 0 Å². The number of amides is 3. The molecule has 2 rings (SSSR count). The number of alkyl carbamates (subject to hydrolysis) is 1. The molecular formula is C37H62N4O10Si. The maximum absolute atomic E-state index is 14.2. The zero-order valence-corrected chi connectivity index (χ0v) is 34.0. The first-order valence-electron chi connectivity index (χ1n) is 18.0. The van der Waals surface area contributed by atoms with E-state index in [1.165, 1.54) is 23.8 Å². The topological polar surface area (TPSA) is 176 Å². The Kier molecular flexibility index (Phi) is 17.1. The first-order chi connectivity index (χ1) is 24.1. The number of ether oxygens (including phenoxy) is 5. The number of rotatable bonds is 18. The van der Waals surface area contributed by atoms with Crippen LogP contribution in [-0.4, -0.2) is 118 Å². The van der Waals surface area contributed by atoms with Crippen LogP contribution in [0.2, 0.25) is 25.7 Å². The van der Waals surface area contributed by atoms with Crippen molar-refractivity contribution in [3.05, 3.63) is 29.8 Å². The summed E-state index contributed by atoms with van der Waals surface area (Å²) in [6.45, 7) is 17.7. The molecule has 1 heterocycles. The molecule has 0 unspecified atom stereocenters. The number of carbonyl (C=O) groups excluding carboxylic acids is 5. The summed E-state index contributed by atoms with van der Waals surface area (Å²) in [5.74, 6) is -1.77. The zero-order valence-electron chi connectivity index (χ0n) is 33.0. The Bertz CT molecular complexity index is 1350. The van der Waals surface area contributed by atoms with Gasteiger partial charge in [-0.05, 0) is 76.6 Å². The average Bonchev–Trinajstić information content (AvgIpc) is 3.54. The molecule has 1 aliphatic rings. The quantitative estimate of drug-likeness (QED) is 0.0726. The van der Waals surface area contributed by atoms with Crippen LogP contribution in [0.15, 0.2) is 24.3 Å². The standard InChI is InChI=1S/C37H62N4O10Si/c1-24(2)21-28(39-36(46)51-37(4,5)6)32(42)41-18-12-13-29(41)33(43)40(7)30(22-26-14-16-27(47-8)17-15-26)34(44)50-25(3)31(38)35(45)49-23-48-19-20-52(9,10)11/h14-17,24-25,28-31H,12-13,18-23,38H2,1-11H3,(H,39,46)/t25-,28+,29+,30+,31+/m1/s1. The highest BCUT2D eigenvalue weighted by molar-refractivity contribution is 6.76. The summed E-state index contributed by atoms with van der Waals surface area (Å²) < 4.78 is 27.0. The van der Waals surface area contributed by atoms with Gasteiger partial charge in [-0.3, -0.25) is 14.4 Å². The van der Waals surface area contributed by atoms with Gasteiger partial charge in [0.05, 0.1) is 7.11 Å². The van der Waals surface area contributed by atoms with Crippen LogP contribution >= 0.6 is 0 Å². The van der Waals surface area contributed by atoms with E-state index in [1.807, 2.05) is 13.8 Å². The number of likely N-dealkylation sites (tertiary alicyclic amines) is 1. The lowest BCUT2D eigenvalue weighted by Gasteiger charge is -2.34. The fourth-order valence-electron chi connectivity index (χ4n) is 5.54. The Morgan fingerprint density at radius 3 is 2.23 bits per heavy atom. The molecule has 15 heteroatoms. The second kappa shape index (κ2) is 20.0. The average molecular weight is 751 g/mol. The van der Waals surface area contributed by atoms with Crippen LogP contribution in [0.5, 0.6) is 5.75 Å². The van der Waals surface area contributed by atoms with Crippen LogP contribution in [0, 0.1) is 5.92 Å². The molecule has 0 saturated carbocycles. The lowest BCUT2D eigenvalue weighted by Crippen LogP contribution is -2.57. The van der Waals surface area contributed by atoms with Gasteiger partial charge in [-0.2, -0.15) is 0 Å². The molecule has 0 aromatic heterocycles. The summed E-state index contributed by atoms with van der Waals surface area (Å²) in [7, 11) is 1.71. The first-order valence-corrected chi connectivity index (χ1v) is 21.7. The van der Waals surface area contributed by atoms with E-state index in [-0.39, 0.29) is 19.1 Å². The van der Waals surface area contributed by atoms with Crippen LogP contribution in [0.3, 0.4) is 0 Å². The lowest BCUT2D eigenvalue weighted by atomic mass is 10.0. The number of nitrogens with zero attached hydrogens (tertiary/aromatic N) is 2. The minimum absolute atomic E-state index is 0.0556. The van der Waals surface area contributed by atoms with Gasteiger partial charge >= 0.3 is 18.0 Å². The highest BCUT2D eigenvalue weighted by Gasteiger charge is 2.42. The Hall–Kier alpha value is -3.69. The molecule has 3 amide bonds. The van der Waals surface area contributed by atoms with E-state index in [0.717, 1.165) is 6.04 Å². The maximum Gasteiger partial charge on any atom is 0.408 e. The molecule has 52 heavy (non-hydrogen) atoms. The van der Waals surface area contributed by atoms with E-state index < -0.39 is 73.8 Å². The molecule has 0 aliphatic carbocycles. The molecule has 0 radical (unpaired) electrons. The van der Waals surface area contributed by atoms with E-state index in [9.17, 15) is 24.0 Å². The summed E-state index contributed by atoms with van der Waals surface area (Å²) in [5, 5.41) is 2.70. The third-order valence-electron chi connectivity index (χ3n) is 8.55. The normalized spacial score (nSPS) is 17.1. The minimum Gasteiger partial charge on any atom is -0.497 e. The number of likely N-dealkylation sites (N-methyl/N-ethyl adjacent to an activating group) is 1. The molecule has 294 valence electrons. The van der Waals surface area contributed by atoms with Crippen molar-refractivity contribution in [2.75, 3.05) is 34.1 Å². The largest absolute Gasteiger partial charge is 0.497 e. The molecule has 1 aliphatic heterocycles. The van der Waals surface area contributed by atoms with Gasteiger partial charge < -0.3 is 44.5 Å².